The molecule has 0 fully saturated rings. The number of aromatic nitrogens is 2. The Labute approximate surface area is 94.3 Å². The Bertz CT molecular complexity index is 433. The van der Waals surface area contributed by atoms with Gasteiger partial charge in [-0.1, -0.05) is 0 Å². The van der Waals surface area contributed by atoms with Crippen LogP contribution in [0.4, 0.5) is 0 Å². The lowest BCUT2D eigenvalue weighted by Gasteiger charge is -2.03. The number of aryl methyl sites for hydroxylation is 2. The molecule has 0 aliphatic heterocycles. The van der Waals surface area contributed by atoms with Crippen LogP contribution in [-0.4, -0.2) is 27.5 Å². The number of aliphatic carboxylic acids is 1. The van der Waals surface area contributed by atoms with E-state index in [0.29, 0.717) is 0 Å². The number of hydrogen-bond donors (Lipinski definition) is 1. The molecule has 0 aromatic carbocycles. The van der Waals surface area contributed by atoms with Gasteiger partial charge < -0.3 is 9.84 Å². The molecule has 0 radical (unpaired) electrons. The third-order valence-electron chi connectivity index (χ3n) is 2.40. The fourth-order valence-corrected chi connectivity index (χ4v) is 1.30. The minimum atomic E-state index is -0.928. The molecule has 0 bridgehead atoms. The Morgan fingerprint density at radius 1 is 1.56 bits per heavy atom. The van der Waals surface area contributed by atoms with Gasteiger partial charge in [-0.15, -0.1) is 0 Å². The Balaban J connectivity index is 2.69. The second-order valence-electron chi connectivity index (χ2n) is 3.63. The number of carboxylic acid groups (broad SMARTS) is 1. The van der Waals surface area contributed by atoms with Gasteiger partial charge in [0.15, 0.2) is 5.75 Å². The monoisotopic (exact) mass is 224 g/mol. The molecule has 1 aromatic heterocycles. The van der Waals surface area contributed by atoms with Crippen LogP contribution in [0.2, 0.25) is 0 Å². The van der Waals surface area contributed by atoms with Crippen molar-refractivity contribution in [2.45, 2.75) is 20.8 Å². The molecular formula is C11H16N2O3. The van der Waals surface area contributed by atoms with E-state index in [1.54, 1.807) is 4.68 Å². The first kappa shape index (κ1) is 12.3. The molecule has 0 unspecified atom stereocenters. The molecule has 0 aliphatic rings. The summed E-state index contributed by atoms with van der Waals surface area (Å²) < 4.78 is 7.22. The van der Waals surface area contributed by atoms with Crippen LogP contribution in [0, 0.1) is 13.8 Å². The summed E-state index contributed by atoms with van der Waals surface area (Å²) in [5.41, 5.74) is 2.01. The van der Waals surface area contributed by atoms with E-state index in [2.05, 4.69) is 5.10 Å². The molecule has 1 aromatic rings. The molecule has 1 rings (SSSR count). The first-order chi connectivity index (χ1) is 7.43. The summed E-state index contributed by atoms with van der Waals surface area (Å²) in [6.45, 7) is 5.54. The van der Waals surface area contributed by atoms with Crippen LogP contribution < -0.4 is 4.74 Å². The van der Waals surface area contributed by atoms with E-state index in [1.807, 2.05) is 20.9 Å². The fraction of sp³-hybridized carbons (Fsp3) is 0.455. The first-order valence-electron chi connectivity index (χ1n) is 4.96. The minimum absolute atomic E-state index is 0.242. The number of nitrogens with zero attached hydrogens (tertiary/aromatic N) is 2. The Hall–Kier alpha value is -1.78. The van der Waals surface area contributed by atoms with Crippen LogP contribution in [0.3, 0.4) is 0 Å². The van der Waals surface area contributed by atoms with Crippen molar-refractivity contribution >= 4 is 5.97 Å². The van der Waals surface area contributed by atoms with E-state index >= 15 is 0 Å². The Kier molecular flexibility index (Phi) is 3.71. The molecule has 88 valence electrons. The summed E-state index contributed by atoms with van der Waals surface area (Å²) in [5.74, 6) is -0.208. The summed E-state index contributed by atoms with van der Waals surface area (Å²) in [4.78, 5) is 10.5. The van der Waals surface area contributed by atoms with Crippen LogP contribution in [0.1, 0.15) is 18.3 Å². The molecular weight excluding hydrogens is 208 g/mol. The molecule has 5 heteroatoms. The molecule has 0 saturated carbocycles. The highest BCUT2D eigenvalue weighted by Crippen LogP contribution is 2.21. The van der Waals surface area contributed by atoms with E-state index in [-0.39, 0.29) is 12.2 Å². The van der Waals surface area contributed by atoms with E-state index < -0.39 is 5.97 Å². The maximum Gasteiger partial charge on any atom is 0.331 e. The molecule has 16 heavy (non-hydrogen) atoms. The van der Waals surface area contributed by atoms with Crippen LogP contribution in [0.15, 0.2) is 11.6 Å². The normalized spacial score (nSPS) is 11.6. The van der Waals surface area contributed by atoms with Gasteiger partial charge in [-0.05, 0) is 26.8 Å². The first-order valence-corrected chi connectivity index (χ1v) is 4.96. The quantitative estimate of drug-likeness (QED) is 0.786. The fourth-order valence-electron chi connectivity index (χ4n) is 1.30. The van der Waals surface area contributed by atoms with Crippen LogP contribution >= 0.6 is 0 Å². The highest BCUT2D eigenvalue weighted by atomic mass is 16.5. The third-order valence-corrected chi connectivity index (χ3v) is 2.40. The molecule has 1 heterocycles. The third kappa shape index (κ3) is 2.62. The highest BCUT2D eigenvalue weighted by molar-refractivity contribution is 5.85. The van der Waals surface area contributed by atoms with Crippen LogP contribution in [0.25, 0.3) is 0 Å². The highest BCUT2D eigenvalue weighted by Gasteiger charge is 2.09. The molecule has 0 atom stereocenters. The maximum atomic E-state index is 10.5. The van der Waals surface area contributed by atoms with Gasteiger partial charge in [0.05, 0.1) is 5.69 Å². The SMILES string of the molecule is CC(=CCOc1c(C)nn(C)c1C)C(=O)O. The second-order valence-corrected chi connectivity index (χ2v) is 3.63. The topological polar surface area (TPSA) is 64.4 Å². The van der Waals surface area contributed by atoms with Gasteiger partial charge in [0.25, 0.3) is 0 Å². The lowest BCUT2D eigenvalue weighted by molar-refractivity contribution is -0.132. The smallest absolute Gasteiger partial charge is 0.331 e. The van der Waals surface area contributed by atoms with Crippen molar-refractivity contribution in [2.24, 2.45) is 7.05 Å². The summed E-state index contributed by atoms with van der Waals surface area (Å²) in [6.07, 6.45) is 1.54. The number of carbonyl (C=O) groups is 1. The number of rotatable bonds is 4. The van der Waals surface area contributed by atoms with Crippen molar-refractivity contribution in [1.29, 1.82) is 0 Å². The molecule has 1 N–H and O–H groups in total. The second kappa shape index (κ2) is 4.83. The zero-order valence-corrected chi connectivity index (χ0v) is 9.94. The van der Waals surface area contributed by atoms with Gasteiger partial charge in [0, 0.05) is 12.6 Å². The number of carboxylic acids is 1. The van der Waals surface area contributed by atoms with Gasteiger partial charge in [-0.2, -0.15) is 5.10 Å². The van der Waals surface area contributed by atoms with Crippen LogP contribution in [0.5, 0.6) is 5.75 Å². The van der Waals surface area contributed by atoms with E-state index in [9.17, 15) is 4.79 Å². The van der Waals surface area contributed by atoms with Gasteiger partial charge in [0.2, 0.25) is 0 Å². The van der Waals surface area contributed by atoms with Crippen molar-refractivity contribution in [1.82, 2.24) is 9.78 Å². The van der Waals surface area contributed by atoms with Gasteiger partial charge in [-0.3, -0.25) is 4.68 Å². The summed E-state index contributed by atoms with van der Waals surface area (Å²) >= 11 is 0. The summed E-state index contributed by atoms with van der Waals surface area (Å²) in [5, 5.41) is 12.9. The van der Waals surface area contributed by atoms with Crippen molar-refractivity contribution in [3.05, 3.63) is 23.0 Å². The minimum Gasteiger partial charge on any atom is -0.486 e. The Morgan fingerprint density at radius 2 is 2.19 bits per heavy atom. The van der Waals surface area contributed by atoms with Crippen molar-refractivity contribution in [3.8, 4) is 5.75 Å². The lowest BCUT2D eigenvalue weighted by Crippen LogP contribution is -2.01. The molecule has 0 spiro atoms. The predicted octanol–water partition coefficient (Wildman–Crippen LogP) is 1.45. The molecule has 0 amide bonds. The van der Waals surface area contributed by atoms with E-state index in [1.165, 1.54) is 13.0 Å². The van der Waals surface area contributed by atoms with Crippen molar-refractivity contribution < 1.29 is 14.6 Å². The zero-order valence-electron chi connectivity index (χ0n) is 9.94. The summed E-state index contributed by atoms with van der Waals surface area (Å²) in [7, 11) is 1.84. The van der Waals surface area contributed by atoms with Gasteiger partial charge >= 0.3 is 5.97 Å². The average molecular weight is 224 g/mol. The van der Waals surface area contributed by atoms with Gasteiger partial charge in [0.1, 0.15) is 12.3 Å². The number of hydrogen-bond acceptors (Lipinski definition) is 3. The maximum absolute atomic E-state index is 10.5. The van der Waals surface area contributed by atoms with Crippen molar-refractivity contribution in [2.75, 3.05) is 6.61 Å². The van der Waals surface area contributed by atoms with Crippen LogP contribution in [-0.2, 0) is 11.8 Å². The summed E-state index contributed by atoms with van der Waals surface area (Å²) in [6, 6.07) is 0. The standard InChI is InChI=1S/C11H16N2O3/c1-7(11(14)15)5-6-16-10-8(2)12-13(4)9(10)3/h5H,6H2,1-4H3,(H,14,15). The molecule has 0 saturated heterocycles. The van der Waals surface area contributed by atoms with E-state index in [4.69, 9.17) is 9.84 Å². The zero-order chi connectivity index (χ0) is 12.3. The molecule has 5 nitrogen and oxygen atoms in total. The lowest BCUT2D eigenvalue weighted by atomic mass is 10.3. The van der Waals surface area contributed by atoms with Gasteiger partial charge in [-0.25, -0.2) is 4.79 Å². The number of ether oxygens (including phenoxy) is 1. The average Bonchev–Trinajstić information content (AvgIpc) is 2.44. The molecule has 0 aliphatic carbocycles. The Morgan fingerprint density at radius 3 is 2.62 bits per heavy atom. The largest absolute Gasteiger partial charge is 0.486 e. The van der Waals surface area contributed by atoms with Crippen molar-refractivity contribution in [3.63, 3.8) is 0 Å². The van der Waals surface area contributed by atoms with E-state index in [0.717, 1.165) is 17.1 Å². The predicted molar refractivity (Wildman–Crippen MR) is 59.6 cm³/mol.